The highest BCUT2D eigenvalue weighted by molar-refractivity contribution is 5.92. The molecule has 22 heavy (non-hydrogen) atoms. The number of amides is 1. The van der Waals surface area contributed by atoms with Crippen LogP contribution in [0.25, 0.3) is 0 Å². The van der Waals surface area contributed by atoms with E-state index in [1.807, 2.05) is 31.2 Å². The SMILES string of the molecule is CCOCCOc1ccc(NC(=O)CN2CCOCC2)cc1. The van der Waals surface area contributed by atoms with Gasteiger partial charge in [-0.15, -0.1) is 0 Å². The Kier molecular flexibility index (Phi) is 7.15. The fraction of sp³-hybridized carbons (Fsp3) is 0.562. The molecule has 6 heteroatoms. The zero-order chi connectivity index (χ0) is 15.6. The fourth-order valence-corrected chi connectivity index (χ4v) is 2.16. The molecule has 122 valence electrons. The lowest BCUT2D eigenvalue weighted by Gasteiger charge is -2.25. The number of ether oxygens (including phenoxy) is 3. The Balaban J connectivity index is 1.71. The largest absolute Gasteiger partial charge is 0.491 e. The van der Waals surface area contributed by atoms with Crippen molar-refractivity contribution in [2.45, 2.75) is 6.92 Å². The average Bonchev–Trinajstić information content (AvgIpc) is 2.54. The Morgan fingerprint density at radius 2 is 1.95 bits per heavy atom. The molecule has 0 spiro atoms. The number of rotatable bonds is 8. The molecule has 0 aliphatic carbocycles. The van der Waals surface area contributed by atoms with E-state index in [4.69, 9.17) is 14.2 Å². The summed E-state index contributed by atoms with van der Waals surface area (Å²) in [5, 5.41) is 2.89. The minimum absolute atomic E-state index is 0.00749. The van der Waals surface area contributed by atoms with Crippen LogP contribution in [0.2, 0.25) is 0 Å². The molecule has 1 fully saturated rings. The van der Waals surface area contributed by atoms with Crippen LogP contribution in [0.1, 0.15) is 6.92 Å². The second-order valence-corrected chi connectivity index (χ2v) is 5.01. The van der Waals surface area contributed by atoms with Crippen LogP contribution in [0.3, 0.4) is 0 Å². The zero-order valence-electron chi connectivity index (χ0n) is 13.0. The molecule has 1 heterocycles. The molecule has 6 nitrogen and oxygen atoms in total. The van der Waals surface area contributed by atoms with Gasteiger partial charge in [-0.25, -0.2) is 0 Å². The summed E-state index contributed by atoms with van der Waals surface area (Å²) in [5.41, 5.74) is 0.774. The third-order valence-electron chi connectivity index (χ3n) is 3.31. The molecule has 1 aromatic rings. The van der Waals surface area contributed by atoms with E-state index in [0.29, 0.717) is 39.6 Å². The molecule has 1 aromatic carbocycles. The number of anilines is 1. The smallest absolute Gasteiger partial charge is 0.238 e. The molecule has 0 unspecified atom stereocenters. The maximum atomic E-state index is 12.0. The molecular weight excluding hydrogens is 284 g/mol. The first-order chi connectivity index (χ1) is 10.8. The van der Waals surface area contributed by atoms with Crippen LogP contribution in [-0.2, 0) is 14.3 Å². The van der Waals surface area contributed by atoms with E-state index < -0.39 is 0 Å². The Morgan fingerprint density at radius 3 is 2.64 bits per heavy atom. The molecule has 0 radical (unpaired) electrons. The quantitative estimate of drug-likeness (QED) is 0.735. The number of morpholine rings is 1. The van der Waals surface area contributed by atoms with Gasteiger partial charge in [0.2, 0.25) is 5.91 Å². The molecule has 1 saturated heterocycles. The maximum absolute atomic E-state index is 12.0. The van der Waals surface area contributed by atoms with Crippen LogP contribution in [0.4, 0.5) is 5.69 Å². The lowest BCUT2D eigenvalue weighted by atomic mass is 10.3. The van der Waals surface area contributed by atoms with Gasteiger partial charge in [-0.05, 0) is 31.2 Å². The second kappa shape index (κ2) is 9.40. The summed E-state index contributed by atoms with van der Waals surface area (Å²) in [7, 11) is 0. The number of nitrogens with one attached hydrogen (secondary N) is 1. The summed E-state index contributed by atoms with van der Waals surface area (Å²) in [4.78, 5) is 14.1. The first-order valence-electron chi connectivity index (χ1n) is 7.68. The van der Waals surface area contributed by atoms with Crippen molar-refractivity contribution in [3.05, 3.63) is 24.3 Å². The third-order valence-corrected chi connectivity index (χ3v) is 3.31. The number of carbonyl (C=O) groups is 1. The Hall–Kier alpha value is -1.63. The minimum Gasteiger partial charge on any atom is -0.491 e. The Labute approximate surface area is 131 Å². The monoisotopic (exact) mass is 308 g/mol. The number of benzene rings is 1. The van der Waals surface area contributed by atoms with Crippen molar-refractivity contribution in [3.63, 3.8) is 0 Å². The van der Waals surface area contributed by atoms with Gasteiger partial charge in [-0.2, -0.15) is 0 Å². The molecule has 0 aromatic heterocycles. The summed E-state index contributed by atoms with van der Waals surface area (Å²) in [6.07, 6.45) is 0. The van der Waals surface area contributed by atoms with Crippen LogP contribution >= 0.6 is 0 Å². The average molecular weight is 308 g/mol. The topological polar surface area (TPSA) is 60.0 Å². The van der Waals surface area contributed by atoms with E-state index in [1.165, 1.54) is 0 Å². The molecule has 1 aliphatic rings. The van der Waals surface area contributed by atoms with Crippen LogP contribution in [-0.4, -0.2) is 63.5 Å². The molecule has 1 N–H and O–H groups in total. The van der Waals surface area contributed by atoms with Gasteiger partial charge in [0.25, 0.3) is 0 Å². The highest BCUT2D eigenvalue weighted by atomic mass is 16.5. The van der Waals surface area contributed by atoms with Gasteiger partial charge < -0.3 is 19.5 Å². The van der Waals surface area contributed by atoms with Crippen molar-refractivity contribution in [3.8, 4) is 5.75 Å². The number of nitrogens with zero attached hydrogens (tertiary/aromatic N) is 1. The van der Waals surface area contributed by atoms with Gasteiger partial charge in [0, 0.05) is 25.4 Å². The van der Waals surface area contributed by atoms with E-state index in [2.05, 4.69) is 10.2 Å². The van der Waals surface area contributed by atoms with Crippen LogP contribution in [0, 0.1) is 0 Å². The van der Waals surface area contributed by atoms with E-state index in [1.54, 1.807) is 0 Å². The molecule has 0 saturated carbocycles. The first kappa shape index (κ1) is 16.7. The molecule has 1 aliphatic heterocycles. The number of carbonyl (C=O) groups excluding carboxylic acids is 1. The standard InChI is InChI=1S/C16H24N2O4/c1-2-20-11-12-22-15-5-3-14(4-6-15)17-16(19)13-18-7-9-21-10-8-18/h3-6H,2,7-13H2,1H3,(H,17,19). The van der Waals surface area contributed by atoms with Gasteiger partial charge in [0.1, 0.15) is 12.4 Å². The van der Waals surface area contributed by atoms with Crippen LogP contribution in [0.5, 0.6) is 5.75 Å². The van der Waals surface area contributed by atoms with Gasteiger partial charge in [0.05, 0.1) is 26.4 Å². The normalized spacial score (nSPS) is 15.5. The summed E-state index contributed by atoms with van der Waals surface area (Å²) in [5.74, 6) is 0.762. The Morgan fingerprint density at radius 1 is 1.23 bits per heavy atom. The van der Waals surface area contributed by atoms with Gasteiger partial charge in [0.15, 0.2) is 0 Å². The third kappa shape index (κ3) is 6.01. The molecule has 0 atom stereocenters. The minimum atomic E-state index is -0.00749. The molecular formula is C16H24N2O4. The summed E-state index contributed by atoms with van der Waals surface area (Å²) < 4.78 is 16.0. The number of hydrogen-bond acceptors (Lipinski definition) is 5. The van der Waals surface area contributed by atoms with Gasteiger partial charge in [-0.1, -0.05) is 0 Å². The fourth-order valence-electron chi connectivity index (χ4n) is 2.16. The van der Waals surface area contributed by atoms with Crippen LogP contribution in [0.15, 0.2) is 24.3 Å². The summed E-state index contributed by atoms with van der Waals surface area (Å²) in [6.45, 7) is 7.15. The summed E-state index contributed by atoms with van der Waals surface area (Å²) >= 11 is 0. The second-order valence-electron chi connectivity index (χ2n) is 5.01. The first-order valence-corrected chi connectivity index (χ1v) is 7.68. The predicted octanol–water partition coefficient (Wildman–Crippen LogP) is 1.37. The van der Waals surface area contributed by atoms with E-state index in [9.17, 15) is 4.79 Å². The summed E-state index contributed by atoms with van der Waals surface area (Å²) in [6, 6.07) is 7.37. The lowest BCUT2D eigenvalue weighted by molar-refractivity contribution is -0.118. The molecule has 2 rings (SSSR count). The predicted molar refractivity (Wildman–Crippen MR) is 84.3 cm³/mol. The maximum Gasteiger partial charge on any atom is 0.238 e. The molecule has 0 bridgehead atoms. The van der Waals surface area contributed by atoms with Crippen molar-refractivity contribution in [2.24, 2.45) is 0 Å². The highest BCUT2D eigenvalue weighted by Crippen LogP contribution is 2.15. The van der Waals surface area contributed by atoms with Crippen molar-refractivity contribution in [1.29, 1.82) is 0 Å². The lowest BCUT2D eigenvalue weighted by Crippen LogP contribution is -2.41. The van der Waals surface area contributed by atoms with Gasteiger partial charge in [-0.3, -0.25) is 9.69 Å². The van der Waals surface area contributed by atoms with Crippen LogP contribution < -0.4 is 10.1 Å². The molecule has 1 amide bonds. The van der Waals surface area contributed by atoms with Gasteiger partial charge >= 0.3 is 0 Å². The van der Waals surface area contributed by atoms with E-state index in [0.717, 1.165) is 24.5 Å². The Bertz CT molecular complexity index is 444. The van der Waals surface area contributed by atoms with E-state index >= 15 is 0 Å². The van der Waals surface area contributed by atoms with Crippen molar-refractivity contribution in [1.82, 2.24) is 4.90 Å². The van der Waals surface area contributed by atoms with E-state index in [-0.39, 0.29) is 5.91 Å². The zero-order valence-corrected chi connectivity index (χ0v) is 13.0. The number of hydrogen-bond donors (Lipinski definition) is 1. The highest BCUT2D eigenvalue weighted by Gasteiger charge is 2.14. The van der Waals surface area contributed by atoms with Crippen molar-refractivity contribution >= 4 is 11.6 Å². The van der Waals surface area contributed by atoms with Crippen molar-refractivity contribution < 1.29 is 19.0 Å². The van der Waals surface area contributed by atoms with Crippen molar-refractivity contribution in [2.75, 3.05) is 58.0 Å².